The van der Waals surface area contributed by atoms with Crippen LogP contribution >= 0.6 is 15.9 Å². The molecule has 1 aromatic carbocycles. The molecule has 0 saturated carbocycles. The summed E-state index contributed by atoms with van der Waals surface area (Å²) in [6.07, 6.45) is 0.662. The fourth-order valence-electron chi connectivity index (χ4n) is 1.71. The standard InChI is InChI=1S/C10H10BrNO/c1-5-2-7-6(8(11)3-5)4-9(12)10(7)13/h2-3,9H,4,12H2,1H3. The van der Waals surface area contributed by atoms with Crippen molar-refractivity contribution in [2.75, 3.05) is 0 Å². The summed E-state index contributed by atoms with van der Waals surface area (Å²) in [5.41, 5.74) is 8.62. The number of hydrogen-bond donors (Lipinski definition) is 1. The highest BCUT2D eigenvalue weighted by molar-refractivity contribution is 9.10. The summed E-state index contributed by atoms with van der Waals surface area (Å²) < 4.78 is 1.00. The zero-order chi connectivity index (χ0) is 9.59. The van der Waals surface area contributed by atoms with Crippen LogP contribution in [0.25, 0.3) is 0 Å². The lowest BCUT2D eigenvalue weighted by Crippen LogP contribution is -2.26. The molecule has 0 heterocycles. The first-order valence-electron chi connectivity index (χ1n) is 4.18. The molecule has 0 spiro atoms. The predicted octanol–water partition coefficient (Wildman–Crippen LogP) is 1.82. The maximum absolute atomic E-state index is 11.6. The number of aryl methyl sites for hydroxylation is 1. The topological polar surface area (TPSA) is 43.1 Å². The average Bonchev–Trinajstić information content (AvgIpc) is 2.32. The Hall–Kier alpha value is -0.670. The van der Waals surface area contributed by atoms with Gasteiger partial charge in [-0.05, 0) is 36.6 Å². The summed E-state index contributed by atoms with van der Waals surface area (Å²) in [7, 11) is 0. The minimum Gasteiger partial charge on any atom is -0.321 e. The molecule has 2 N–H and O–H groups in total. The summed E-state index contributed by atoms with van der Waals surface area (Å²) in [6.45, 7) is 1.97. The molecule has 1 atom stereocenters. The first-order chi connectivity index (χ1) is 6.09. The zero-order valence-corrected chi connectivity index (χ0v) is 8.89. The molecule has 0 aliphatic heterocycles. The Morgan fingerprint density at radius 3 is 2.92 bits per heavy atom. The van der Waals surface area contributed by atoms with Gasteiger partial charge >= 0.3 is 0 Å². The molecule has 1 unspecified atom stereocenters. The van der Waals surface area contributed by atoms with Gasteiger partial charge < -0.3 is 5.73 Å². The molecule has 0 bridgehead atoms. The SMILES string of the molecule is Cc1cc(Br)c2c(c1)C(=O)C(N)C2. The lowest BCUT2D eigenvalue weighted by atomic mass is 10.1. The van der Waals surface area contributed by atoms with Crippen LogP contribution in [0.2, 0.25) is 0 Å². The maximum Gasteiger partial charge on any atom is 0.180 e. The lowest BCUT2D eigenvalue weighted by molar-refractivity contribution is 0.0974. The van der Waals surface area contributed by atoms with Crippen molar-refractivity contribution in [3.8, 4) is 0 Å². The van der Waals surface area contributed by atoms with Gasteiger partial charge in [0, 0.05) is 10.0 Å². The quantitative estimate of drug-likeness (QED) is 0.751. The number of Topliss-reactive ketones (excluding diaryl/α,β-unsaturated/α-hetero) is 1. The van der Waals surface area contributed by atoms with Crippen LogP contribution in [0.15, 0.2) is 16.6 Å². The fraction of sp³-hybridized carbons (Fsp3) is 0.300. The van der Waals surface area contributed by atoms with Gasteiger partial charge in [0.1, 0.15) is 0 Å². The van der Waals surface area contributed by atoms with E-state index in [9.17, 15) is 4.79 Å². The van der Waals surface area contributed by atoms with Gasteiger partial charge in [-0.25, -0.2) is 0 Å². The molecule has 0 aromatic heterocycles. The molecule has 0 amide bonds. The van der Waals surface area contributed by atoms with E-state index >= 15 is 0 Å². The number of rotatable bonds is 0. The second-order valence-electron chi connectivity index (χ2n) is 3.45. The van der Waals surface area contributed by atoms with Crippen molar-refractivity contribution in [1.29, 1.82) is 0 Å². The summed E-state index contributed by atoms with van der Waals surface area (Å²) in [5, 5.41) is 0. The van der Waals surface area contributed by atoms with Gasteiger partial charge in [-0.2, -0.15) is 0 Å². The highest BCUT2D eigenvalue weighted by Crippen LogP contribution is 2.29. The smallest absolute Gasteiger partial charge is 0.180 e. The first-order valence-corrected chi connectivity index (χ1v) is 4.97. The number of ketones is 1. The van der Waals surface area contributed by atoms with Gasteiger partial charge in [-0.15, -0.1) is 0 Å². The van der Waals surface area contributed by atoms with Crippen LogP contribution in [-0.4, -0.2) is 11.8 Å². The van der Waals surface area contributed by atoms with Crippen LogP contribution in [-0.2, 0) is 6.42 Å². The van der Waals surface area contributed by atoms with E-state index in [0.29, 0.717) is 6.42 Å². The predicted molar refractivity (Wildman–Crippen MR) is 54.9 cm³/mol. The minimum atomic E-state index is -0.340. The third-order valence-corrected chi connectivity index (χ3v) is 3.07. The third kappa shape index (κ3) is 1.32. The van der Waals surface area contributed by atoms with Crippen molar-refractivity contribution < 1.29 is 4.79 Å². The van der Waals surface area contributed by atoms with Crippen LogP contribution in [0, 0.1) is 6.92 Å². The summed E-state index contributed by atoms with van der Waals surface area (Å²) >= 11 is 3.45. The van der Waals surface area contributed by atoms with Crippen LogP contribution in [0.1, 0.15) is 21.5 Å². The Kier molecular flexibility index (Phi) is 2.00. The number of carbonyl (C=O) groups is 1. The molecule has 1 aliphatic rings. The number of carbonyl (C=O) groups excluding carboxylic acids is 1. The van der Waals surface area contributed by atoms with Crippen molar-refractivity contribution >= 4 is 21.7 Å². The molecular weight excluding hydrogens is 230 g/mol. The second-order valence-corrected chi connectivity index (χ2v) is 4.30. The van der Waals surface area contributed by atoms with E-state index in [1.54, 1.807) is 0 Å². The third-order valence-electron chi connectivity index (χ3n) is 2.37. The van der Waals surface area contributed by atoms with Gasteiger partial charge in [-0.3, -0.25) is 4.79 Å². The van der Waals surface area contributed by atoms with Crippen LogP contribution < -0.4 is 5.73 Å². The average molecular weight is 240 g/mol. The van der Waals surface area contributed by atoms with E-state index in [4.69, 9.17) is 5.73 Å². The van der Waals surface area contributed by atoms with Crippen molar-refractivity contribution in [3.05, 3.63) is 33.3 Å². The van der Waals surface area contributed by atoms with E-state index in [1.807, 2.05) is 19.1 Å². The monoisotopic (exact) mass is 239 g/mol. The Bertz CT molecular complexity index is 387. The molecule has 2 nitrogen and oxygen atoms in total. The van der Waals surface area contributed by atoms with Gasteiger partial charge in [0.25, 0.3) is 0 Å². The number of fused-ring (bicyclic) bond motifs is 1. The number of nitrogens with two attached hydrogens (primary N) is 1. The molecule has 1 aromatic rings. The largest absolute Gasteiger partial charge is 0.321 e. The molecule has 2 rings (SSSR count). The number of hydrogen-bond acceptors (Lipinski definition) is 2. The summed E-state index contributed by atoms with van der Waals surface area (Å²) in [5.74, 6) is 0.0689. The molecule has 1 aliphatic carbocycles. The summed E-state index contributed by atoms with van der Waals surface area (Å²) in [4.78, 5) is 11.6. The minimum absolute atomic E-state index is 0.0689. The lowest BCUT2D eigenvalue weighted by Gasteiger charge is -2.01. The molecular formula is C10H10BrNO. The van der Waals surface area contributed by atoms with Gasteiger partial charge in [0.2, 0.25) is 0 Å². The molecule has 13 heavy (non-hydrogen) atoms. The van der Waals surface area contributed by atoms with E-state index in [2.05, 4.69) is 15.9 Å². The van der Waals surface area contributed by atoms with E-state index < -0.39 is 0 Å². The normalized spacial score (nSPS) is 20.5. The molecule has 0 saturated heterocycles. The van der Waals surface area contributed by atoms with Crippen LogP contribution in [0.5, 0.6) is 0 Å². The van der Waals surface area contributed by atoms with E-state index in [0.717, 1.165) is 21.2 Å². The van der Waals surface area contributed by atoms with Crippen LogP contribution in [0.4, 0.5) is 0 Å². The van der Waals surface area contributed by atoms with Crippen LogP contribution in [0.3, 0.4) is 0 Å². The maximum atomic E-state index is 11.6. The fourth-order valence-corrected chi connectivity index (χ4v) is 2.45. The Morgan fingerprint density at radius 1 is 1.54 bits per heavy atom. The Morgan fingerprint density at radius 2 is 2.23 bits per heavy atom. The Labute approximate surface area is 85.3 Å². The van der Waals surface area contributed by atoms with Crippen molar-refractivity contribution in [2.24, 2.45) is 5.73 Å². The van der Waals surface area contributed by atoms with Crippen molar-refractivity contribution in [1.82, 2.24) is 0 Å². The zero-order valence-electron chi connectivity index (χ0n) is 7.30. The second kappa shape index (κ2) is 2.93. The van der Waals surface area contributed by atoms with Gasteiger partial charge in [-0.1, -0.05) is 15.9 Å². The highest BCUT2D eigenvalue weighted by atomic mass is 79.9. The van der Waals surface area contributed by atoms with Gasteiger partial charge in [0.15, 0.2) is 5.78 Å². The van der Waals surface area contributed by atoms with E-state index in [-0.39, 0.29) is 11.8 Å². The number of benzene rings is 1. The molecule has 68 valence electrons. The Balaban J connectivity index is 2.64. The first kappa shape index (κ1) is 8.91. The highest BCUT2D eigenvalue weighted by Gasteiger charge is 2.28. The van der Waals surface area contributed by atoms with E-state index in [1.165, 1.54) is 0 Å². The van der Waals surface area contributed by atoms with Crippen molar-refractivity contribution in [3.63, 3.8) is 0 Å². The summed E-state index contributed by atoms with van der Waals surface area (Å²) in [6, 6.07) is 3.59. The number of halogens is 1. The van der Waals surface area contributed by atoms with Gasteiger partial charge in [0.05, 0.1) is 6.04 Å². The van der Waals surface area contributed by atoms with Crippen molar-refractivity contribution in [2.45, 2.75) is 19.4 Å². The molecule has 0 radical (unpaired) electrons. The molecule has 0 fully saturated rings. The molecule has 3 heteroatoms.